The van der Waals surface area contributed by atoms with Crippen LogP contribution in [0.4, 0.5) is 0 Å². The molecule has 0 bridgehead atoms. The molecule has 1 aromatic heterocycles. The van der Waals surface area contributed by atoms with Gasteiger partial charge in [-0.15, -0.1) is 11.3 Å². The smallest absolute Gasteiger partial charge is 0.119 e. The molecule has 1 heterocycles. The van der Waals surface area contributed by atoms with Crippen molar-refractivity contribution in [1.82, 2.24) is 10.3 Å². The van der Waals surface area contributed by atoms with Gasteiger partial charge in [-0.25, -0.2) is 4.98 Å². The minimum atomic E-state index is 0.861. The molecular formula is C23H22N2OS. The van der Waals surface area contributed by atoms with E-state index in [0.717, 1.165) is 40.5 Å². The van der Waals surface area contributed by atoms with Gasteiger partial charge >= 0.3 is 0 Å². The molecule has 0 amide bonds. The Balaban J connectivity index is 1.77. The Morgan fingerprint density at radius 3 is 2.67 bits per heavy atom. The van der Waals surface area contributed by atoms with Gasteiger partial charge in [0.25, 0.3) is 0 Å². The van der Waals surface area contributed by atoms with Crippen LogP contribution < -0.4 is 10.1 Å². The Kier molecular flexibility index (Phi) is 5.07. The van der Waals surface area contributed by atoms with E-state index in [9.17, 15) is 0 Å². The van der Waals surface area contributed by atoms with Crippen molar-refractivity contribution >= 4 is 44.1 Å². The molecule has 4 rings (SSSR count). The van der Waals surface area contributed by atoms with Crippen molar-refractivity contribution in [3.8, 4) is 5.75 Å². The zero-order valence-electron chi connectivity index (χ0n) is 15.5. The second-order valence-corrected chi connectivity index (χ2v) is 7.46. The van der Waals surface area contributed by atoms with Crippen LogP contribution >= 0.6 is 11.3 Å². The number of rotatable bonds is 6. The first-order chi connectivity index (χ1) is 13.3. The van der Waals surface area contributed by atoms with Crippen LogP contribution in [0.2, 0.25) is 0 Å². The summed E-state index contributed by atoms with van der Waals surface area (Å²) in [6.07, 6.45) is 3.22. The number of nitrogens with zero attached hydrogens (tertiary/aromatic N) is 1. The molecule has 0 saturated carbocycles. The maximum atomic E-state index is 5.28. The Morgan fingerprint density at radius 1 is 1.07 bits per heavy atom. The first-order valence-corrected chi connectivity index (χ1v) is 9.98. The number of hydrogen-bond acceptors (Lipinski definition) is 4. The molecule has 0 saturated heterocycles. The van der Waals surface area contributed by atoms with Crippen molar-refractivity contribution in [3.05, 3.63) is 71.2 Å². The topological polar surface area (TPSA) is 34.2 Å². The molecule has 0 aliphatic heterocycles. The summed E-state index contributed by atoms with van der Waals surface area (Å²) in [5.41, 5.74) is 3.30. The first-order valence-electron chi connectivity index (χ1n) is 9.17. The SMILES string of the molecule is CCCN/C(=C\c1nc2c(ccc3ccccc32)s1)c1ccc(OC)cc1. The van der Waals surface area contributed by atoms with Crippen LogP contribution in [0.3, 0.4) is 0 Å². The van der Waals surface area contributed by atoms with Gasteiger partial charge in [0.1, 0.15) is 10.8 Å². The number of thiazole rings is 1. The van der Waals surface area contributed by atoms with Gasteiger partial charge in [-0.05, 0) is 53.8 Å². The molecule has 3 nitrogen and oxygen atoms in total. The standard InChI is InChI=1S/C23H22N2OS/c1-3-14-24-20(17-8-11-18(26-2)12-9-17)15-22-25-23-19-7-5-4-6-16(19)10-13-21(23)27-22/h4-13,15,24H,3,14H2,1-2H3/b20-15-. The van der Waals surface area contributed by atoms with E-state index in [2.05, 4.69) is 66.8 Å². The van der Waals surface area contributed by atoms with Gasteiger partial charge in [-0.3, -0.25) is 0 Å². The Bertz CT molecular complexity index is 1100. The van der Waals surface area contributed by atoms with Gasteiger partial charge in [0.2, 0.25) is 0 Å². The third-order valence-corrected chi connectivity index (χ3v) is 5.50. The van der Waals surface area contributed by atoms with Gasteiger partial charge in [0, 0.05) is 17.6 Å². The Morgan fingerprint density at radius 2 is 1.89 bits per heavy atom. The van der Waals surface area contributed by atoms with E-state index in [4.69, 9.17) is 9.72 Å². The lowest BCUT2D eigenvalue weighted by Gasteiger charge is -2.11. The zero-order valence-corrected chi connectivity index (χ0v) is 16.3. The lowest BCUT2D eigenvalue weighted by Crippen LogP contribution is -2.12. The fourth-order valence-corrected chi connectivity index (χ4v) is 4.06. The highest BCUT2D eigenvalue weighted by Crippen LogP contribution is 2.31. The minimum absolute atomic E-state index is 0.861. The number of methoxy groups -OCH3 is 1. The van der Waals surface area contributed by atoms with Crippen molar-refractivity contribution in [2.45, 2.75) is 13.3 Å². The fraction of sp³-hybridized carbons (Fsp3) is 0.174. The molecule has 0 radical (unpaired) electrons. The monoisotopic (exact) mass is 374 g/mol. The maximum absolute atomic E-state index is 5.28. The van der Waals surface area contributed by atoms with Gasteiger partial charge in [0.15, 0.2) is 0 Å². The van der Waals surface area contributed by atoms with E-state index in [1.165, 1.54) is 15.5 Å². The van der Waals surface area contributed by atoms with Crippen LogP contribution in [-0.4, -0.2) is 18.6 Å². The highest BCUT2D eigenvalue weighted by Gasteiger charge is 2.08. The van der Waals surface area contributed by atoms with Crippen LogP contribution in [-0.2, 0) is 0 Å². The fourth-order valence-electron chi connectivity index (χ4n) is 3.13. The minimum Gasteiger partial charge on any atom is -0.497 e. The van der Waals surface area contributed by atoms with Gasteiger partial charge < -0.3 is 10.1 Å². The molecule has 136 valence electrons. The van der Waals surface area contributed by atoms with Crippen LogP contribution in [0, 0.1) is 0 Å². The van der Waals surface area contributed by atoms with Crippen molar-refractivity contribution in [1.29, 1.82) is 0 Å². The number of benzene rings is 3. The molecule has 0 unspecified atom stereocenters. The lowest BCUT2D eigenvalue weighted by molar-refractivity contribution is 0.415. The van der Waals surface area contributed by atoms with E-state index < -0.39 is 0 Å². The molecule has 4 heteroatoms. The van der Waals surface area contributed by atoms with Crippen LogP contribution in [0.1, 0.15) is 23.9 Å². The molecule has 0 fully saturated rings. The second-order valence-electron chi connectivity index (χ2n) is 6.40. The molecule has 0 aliphatic carbocycles. The average molecular weight is 375 g/mol. The molecule has 4 aromatic rings. The third-order valence-electron chi connectivity index (χ3n) is 4.53. The van der Waals surface area contributed by atoms with Gasteiger partial charge in [0.05, 0.1) is 17.3 Å². The summed E-state index contributed by atoms with van der Waals surface area (Å²) in [7, 11) is 1.69. The Hall–Kier alpha value is -2.85. The summed E-state index contributed by atoms with van der Waals surface area (Å²) in [6, 6.07) is 20.9. The van der Waals surface area contributed by atoms with Gasteiger partial charge in [-0.2, -0.15) is 0 Å². The molecule has 0 aliphatic rings. The molecule has 0 spiro atoms. The van der Waals surface area contributed by atoms with Crippen molar-refractivity contribution < 1.29 is 4.74 Å². The summed E-state index contributed by atoms with van der Waals surface area (Å²) in [6.45, 7) is 3.09. The van der Waals surface area contributed by atoms with E-state index in [-0.39, 0.29) is 0 Å². The van der Waals surface area contributed by atoms with Crippen LogP contribution in [0.25, 0.3) is 32.8 Å². The molecule has 0 atom stereocenters. The molecule has 27 heavy (non-hydrogen) atoms. The molecular weight excluding hydrogens is 352 g/mol. The van der Waals surface area contributed by atoms with E-state index in [1.54, 1.807) is 18.4 Å². The predicted molar refractivity (Wildman–Crippen MR) is 116 cm³/mol. The van der Waals surface area contributed by atoms with E-state index in [1.807, 2.05) is 12.1 Å². The quantitative estimate of drug-likeness (QED) is 0.452. The summed E-state index contributed by atoms with van der Waals surface area (Å²) in [5, 5.41) is 6.98. The molecule has 1 N–H and O–H groups in total. The summed E-state index contributed by atoms with van der Waals surface area (Å²) >= 11 is 1.72. The van der Waals surface area contributed by atoms with Crippen LogP contribution in [0.5, 0.6) is 5.75 Å². The number of fused-ring (bicyclic) bond motifs is 3. The highest BCUT2D eigenvalue weighted by atomic mass is 32.1. The number of hydrogen-bond donors (Lipinski definition) is 1. The predicted octanol–water partition coefficient (Wildman–Crippen LogP) is 5.96. The zero-order chi connectivity index (χ0) is 18.6. The molecule has 3 aromatic carbocycles. The lowest BCUT2D eigenvalue weighted by atomic mass is 10.1. The van der Waals surface area contributed by atoms with Crippen molar-refractivity contribution in [3.63, 3.8) is 0 Å². The average Bonchev–Trinajstić information content (AvgIpc) is 3.14. The normalized spacial score (nSPS) is 11.9. The number of nitrogens with one attached hydrogen (secondary N) is 1. The van der Waals surface area contributed by atoms with Crippen LogP contribution in [0.15, 0.2) is 60.7 Å². The maximum Gasteiger partial charge on any atom is 0.119 e. The third kappa shape index (κ3) is 3.67. The van der Waals surface area contributed by atoms with E-state index >= 15 is 0 Å². The Labute approximate surface area is 163 Å². The first kappa shape index (κ1) is 17.6. The second kappa shape index (κ2) is 7.80. The largest absolute Gasteiger partial charge is 0.497 e. The van der Waals surface area contributed by atoms with Crippen molar-refractivity contribution in [2.24, 2.45) is 0 Å². The highest BCUT2D eigenvalue weighted by molar-refractivity contribution is 7.19. The van der Waals surface area contributed by atoms with E-state index in [0.29, 0.717) is 0 Å². The number of ether oxygens (including phenoxy) is 1. The summed E-state index contributed by atoms with van der Waals surface area (Å²) in [4.78, 5) is 4.93. The summed E-state index contributed by atoms with van der Waals surface area (Å²) < 4.78 is 6.49. The van der Waals surface area contributed by atoms with Crippen molar-refractivity contribution in [2.75, 3.05) is 13.7 Å². The summed E-state index contributed by atoms with van der Waals surface area (Å²) in [5.74, 6) is 0.861. The number of aromatic nitrogens is 1. The van der Waals surface area contributed by atoms with Gasteiger partial charge in [-0.1, -0.05) is 37.3 Å².